The van der Waals surface area contributed by atoms with Crippen LogP contribution >= 0.6 is 11.6 Å². The topological polar surface area (TPSA) is 56.3 Å². The van der Waals surface area contributed by atoms with E-state index in [4.69, 9.17) is 16.7 Å². The highest BCUT2D eigenvalue weighted by atomic mass is 35.5. The summed E-state index contributed by atoms with van der Waals surface area (Å²) in [6.45, 7) is 0. The van der Waals surface area contributed by atoms with Gasteiger partial charge < -0.3 is 10.1 Å². The Kier molecular flexibility index (Phi) is 2.47. The molecular weight excluding hydrogens is 235 g/mol. The second-order valence-electron chi connectivity index (χ2n) is 3.33. The Hall–Kier alpha value is -1.75. The minimum Gasteiger partial charge on any atom is -0.465 e. The largest absolute Gasteiger partial charge is 0.465 e. The van der Waals surface area contributed by atoms with Crippen molar-refractivity contribution in [3.05, 3.63) is 29.2 Å². The van der Waals surface area contributed by atoms with Gasteiger partial charge in [-0.3, -0.25) is 4.90 Å². The highest BCUT2D eigenvalue weighted by Gasteiger charge is 2.15. The smallest absolute Gasteiger partial charge is 0.411 e. The number of fused-ring (bicyclic) bond motifs is 1. The second kappa shape index (κ2) is 3.68. The molecule has 0 unspecified atom stereocenters. The van der Waals surface area contributed by atoms with E-state index in [0.29, 0.717) is 15.9 Å². The molecule has 0 fully saturated rings. The molecule has 2 rings (SSSR count). The molecule has 0 bridgehead atoms. The first-order valence-electron chi connectivity index (χ1n) is 4.43. The third-order valence-corrected chi connectivity index (χ3v) is 2.66. The van der Waals surface area contributed by atoms with Crippen LogP contribution in [0.2, 0.25) is 5.02 Å². The number of aromatic nitrogens is 1. The molecule has 0 aliphatic heterocycles. The Morgan fingerprint density at radius 2 is 2.25 bits per heavy atom. The van der Waals surface area contributed by atoms with E-state index in [0.717, 1.165) is 4.90 Å². The quantitative estimate of drug-likeness (QED) is 0.807. The van der Waals surface area contributed by atoms with Crippen molar-refractivity contribution in [3.63, 3.8) is 0 Å². The maximum Gasteiger partial charge on any atom is 0.411 e. The molecule has 0 aliphatic rings. The number of hydrogen-bond acceptors (Lipinski definition) is 1. The van der Waals surface area contributed by atoms with Crippen LogP contribution in [0.5, 0.6) is 0 Å². The SMILES string of the molecule is CN(C(=O)O)c1cc2c(Cl)c[nH]c2cc1F. The third-order valence-electron chi connectivity index (χ3n) is 2.35. The van der Waals surface area contributed by atoms with Crippen LogP contribution < -0.4 is 4.90 Å². The number of amides is 1. The van der Waals surface area contributed by atoms with Crippen LogP contribution in [0.25, 0.3) is 10.9 Å². The Morgan fingerprint density at radius 1 is 1.56 bits per heavy atom. The average Bonchev–Trinajstić information content (AvgIpc) is 2.57. The number of rotatable bonds is 1. The minimum atomic E-state index is -1.23. The molecule has 1 amide bonds. The van der Waals surface area contributed by atoms with Crippen molar-refractivity contribution in [3.8, 4) is 0 Å². The monoisotopic (exact) mass is 242 g/mol. The van der Waals surface area contributed by atoms with Gasteiger partial charge in [0, 0.05) is 30.2 Å². The normalized spacial score (nSPS) is 10.7. The Bertz CT molecular complexity index is 567. The molecule has 6 heteroatoms. The molecule has 84 valence electrons. The van der Waals surface area contributed by atoms with Gasteiger partial charge in [0.15, 0.2) is 0 Å². The fourth-order valence-corrected chi connectivity index (χ4v) is 1.67. The first kappa shape index (κ1) is 10.8. The molecular formula is C10H8ClFN2O2. The van der Waals surface area contributed by atoms with Crippen LogP contribution in [-0.4, -0.2) is 23.2 Å². The Balaban J connectivity index is 2.65. The third kappa shape index (κ3) is 1.59. The fraction of sp³-hybridized carbons (Fsp3) is 0.100. The fourth-order valence-electron chi connectivity index (χ4n) is 1.46. The van der Waals surface area contributed by atoms with Crippen LogP contribution in [0.4, 0.5) is 14.9 Å². The first-order valence-corrected chi connectivity index (χ1v) is 4.81. The van der Waals surface area contributed by atoms with Crippen molar-refractivity contribution in [2.45, 2.75) is 0 Å². The van der Waals surface area contributed by atoms with Crippen molar-refractivity contribution in [2.24, 2.45) is 0 Å². The molecule has 16 heavy (non-hydrogen) atoms. The van der Waals surface area contributed by atoms with Crippen molar-refractivity contribution >= 4 is 34.3 Å². The van der Waals surface area contributed by atoms with Gasteiger partial charge >= 0.3 is 6.09 Å². The zero-order valence-electron chi connectivity index (χ0n) is 8.29. The molecule has 1 heterocycles. The molecule has 0 atom stereocenters. The number of halogens is 2. The van der Waals surface area contributed by atoms with Crippen molar-refractivity contribution in [1.82, 2.24) is 4.98 Å². The lowest BCUT2D eigenvalue weighted by atomic mass is 10.2. The predicted octanol–water partition coefficient (Wildman–Crippen LogP) is 3.07. The molecule has 4 nitrogen and oxygen atoms in total. The number of nitrogens with zero attached hydrogens (tertiary/aromatic N) is 1. The molecule has 0 saturated carbocycles. The maximum atomic E-state index is 13.6. The van der Waals surface area contributed by atoms with Crippen molar-refractivity contribution in [2.75, 3.05) is 11.9 Å². The van der Waals surface area contributed by atoms with Gasteiger partial charge in [-0.05, 0) is 6.07 Å². The van der Waals surface area contributed by atoms with Gasteiger partial charge in [-0.1, -0.05) is 11.6 Å². The second-order valence-corrected chi connectivity index (χ2v) is 3.73. The highest BCUT2D eigenvalue weighted by Crippen LogP contribution is 2.29. The van der Waals surface area contributed by atoms with E-state index in [1.807, 2.05) is 0 Å². The van der Waals surface area contributed by atoms with E-state index in [1.165, 1.54) is 25.4 Å². The van der Waals surface area contributed by atoms with E-state index in [9.17, 15) is 9.18 Å². The minimum absolute atomic E-state index is 0.0264. The maximum absolute atomic E-state index is 13.6. The first-order chi connectivity index (χ1) is 7.50. The van der Waals surface area contributed by atoms with Gasteiger partial charge in [0.1, 0.15) is 5.82 Å². The van der Waals surface area contributed by atoms with Crippen LogP contribution in [0.15, 0.2) is 18.3 Å². The summed E-state index contributed by atoms with van der Waals surface area (Å²) in [7, 11) is 1.27. The van der Waals surface area contributed by atoms with Crippen LogP contribution in [0.3, 0.4) is 0 Å². The molecule has 2 aromatic rings. The van der Waals surface area contributed by atoms with E-state index in [-0.39, 0.29) is 5.69 Å². The summed E-state index contributed by atoms with van der Waals surface area (Å²) in [5.74, 6) is -0.615. The van der Waals surface area contributed by atoms with E-state index in [1.54, 1.807) is 0 Å². The highest BCUT2D eigenvalue weighted by molar-refractivity contribution is 6.35. The number of carbonyl (C=O) groups is 1. The van der Waals surface area contributed by atoms with E-state index in [2.05, 4.69) is 4.98 Å². The summed E-state index contributed by atoms with van der Waals surface area (Å²) in [5, 5.41) is 9.79. The summed E-state index contributed by atoms with van der Waals surface area (Å²) in [6, 6.07) is 2.62. The standard InChI is InChI=1S/C10H8ClFN2O2/c1-14(10(15)16)9-2-5-6(11)4-13-8(5)3-7(9)12/h2-4,13H,1H3,(H,15,16). The lowest BCUT2D eigenvalue weighted by Gasteiger charge is -2.13. The molecule has 0 aliphatic carbocycles. The van der Waals surface area contributed by atoms with Gasteiger partial charge in [-0.15, -0.1) is 0 Å². The molecule has 1 aromatic carbocycles. The lowest BCUT2D eigenvalue weighted by Crippen LogP contribution is -2.24. The summed E-state index contributed by atoms with van der Waals surface area (Å²) in [6.07, 6.45) is 0.292. The number of benzene rings is 1. The molecule has 0 saturated heterocycles. The van der Waals surface area contributed by atoms with Gasteiger partial charge in [-0.25, -0.2) is 9.18 Å². The molecule has 0 spiro atoms. The molecule has 0 radical (unpaired) electrons. The van der Waals surface area contributed by atoms with Gasteiger partial charge in [0.05, 0.1) is 10.7 Å². The zero-order valence-corrected chi connectivity index (χ0v) is 9.05. The number of anilines is 1. The lowest BCUT2D eigenvalue weighted by molar-refractivity contribution is 0.203. The Morgan fingerprint density at radius 3 is 2.88 bits per heavy atom. The molecule has 1 aromatic heterocycles. The number of carboxylic acid groups (broad SMARTS) is 1. The Labute approximate surface area is 95.2 Å². The van der Waals surface area contributed by atoms with Crippen LogP contribution in [0, 0.1) is 5.82 Å². The summed E-state index contributed by atoms with van der Waals surface area (Å²) >= 11 is 5.86. The van der Waals surface area contributed by atoms with Gasteiger partial charge in [-0.2, -0.15) is 0 Å². The van der Waals surface area contributed by atoms with Crippen molar-refractivity contribution in [1.29, 1.82) is 0 Å². The zero-order chi connectivity index (χ0) is 11.9. The van der Waals surface area contributed by atoms with E-state index >= 15 is 0 Å². The van der Waals surface area contributed by atoms with Crippen LogP contribution in [0.1, 0.15) is 0 Å². The number of aromatic amines is 1. The van der Waals surface area contributed by atoms with Crippen LogP contribution in [-0.2, 0) is 0 Å². The summed E-state index contributed by atoms with van der Waals surface area (Å²) in [4.78, 5) is 14.3. The average molecular weight is 243 g/mol. The van der Waals surface area contributed by atoms with Gasteiger partial charge in [0.25, 0.3) is 0 Å². The number of hydrogen-bond donors (Lipinski definition) is 2. The molecule has 2 N–H and O–H groups in total. The number of H-pyrrole nitrogens is 1. The summed E-state index contributed by atoms with van der Waals surface area (Å²) in [5.41, 5.74) is 0.506. The van der Waals surface area contributed by atoms with Gasteiger partial charge in [0.2, 0.25) is 0 Å². The number of nitrogens with one attached hydrogen (secondary N) is 1. The van der Waals surface area contributed by atoms with Crippen molar-refractivity contribution < 1.29 is 14.3 Å². The summed E-state index contributed by atoms with van der Waals surface area (Å²) < 4.78 is 13.6. The predicted molar refractivity (Wildman–Crippen MR) is 59.7 cm³/mol. The van der Waals surface area contributed by atoms with E-state index < -0.39 is 11.9 Å².